The van der Waals surface area contributed by atoms with Crippen molar-refractivity contribution < 1.29 is 5.11 Å². The largest absolute Gasteiger partial charge is 0.504 e. The third kappa shape index (κ3) is 3.61. The molecule has 0 radical (unpaired) electrons. The molecule has 5 heteroatoms. The van der Waals surface area contributed by atoms with E-state index < -0.39 is 0 Å². The molecule has 2 aromatic rings. The molecule has 2 aromatic heterocycles. The van der Waals surface area contributed by atoms with Crippen molar-refractivity contribution in [1.82, 2.24) is 14.3 Å². The van der Waals surface area contributed by atoms with Gasteiger partial charge >= 0.3 is 0 Å². The number of aryl methyl sites for hydroxylation is 1. The maximum atomic E-state index is 10.7. The maximum Gasteiger partial charge on any atom is 0.160 e. The summed E-state index contributed by atoms with van der Waals surface area (Å²) in [7, 11) is 0. The van der Waals surface area contributed by atoms with Crippen molar-refractivity contribution in [2.24, 2.45) is 0 Å². The fourth-order valence-corrected chi connectivity index (χ4v) is 2.97. The molecule has 0 aliphatic heterocycles. The van der Waals surface area contributed by atoms with Gasteiger partial charge in [0, 0.05) is 16.4 Å². The average Bonchev–Trinajstić information content (AvgIpc) is 2.82. The molecule has 124 valence electrons. The van der Waals surface area contributed by atoms with Gasteiger partial charge in [-0.25, -0.2) is 9.97 Å². The first-order valence-electron chi connectivity index (χ1n) is 7.66. The predicted octanol–water partition coefficient (Wildman–Crippen LogP) is 4.60. The van der Waals surface area contributed by atoms with Gasteiger partial charge in [-0.15, -0.1) is 0 Å². The molecule has 0 fully saturated rings. The smallest absolute Gasteiger partial charge is 0.160 e. The molecule has 0 aromatic carbocycles. The van der Waals surface area contributed by atoms with E-state index in [1.165, 1.54) is 11.5 Å². The first kappa shape index (κ1) is 17.6. The van der Waals surface area contributed by atoms with Gasteiger partial charge in [0.15, 0.2) is 11.6 Å². The molecule has 4 nitrogen and oxygen atoms in total. The zero-order valence-corrected chi connectivity index (χ0v) is 15.8. The highest BCUT2D eigenvalue weighted by Crippen LogP contribution is 2.38. The summed E-state index contributed by atoms with van der Waals surface area (Å²) in [4.78, 5) is 10.2. The van der Waals surface area contributed by atoms with Crippen LogP contribution in [0.5, 0.6) is 5.75 Å². The highest BCUT2D eigenvalue weighted by atomic mass is 32.1. The second-order valence-electron chi connectivity index (χ2n) is 7.90. The van der Waals surface area contributed by atoms with Crippen molar-refractivity contribution in [1.29, 1.82) is 0 Å². The third-order valence-corrected chi connectivity index (χ3v) is 4.44. The molecule has 23 heavy (non-hydrogen) atoms. The standard InChI is InChI=1S/C18H25N3OS/c1-10-9-12(23-21-10)11(2)16-19-14(17(3,4)5)13(22)15(20-16)18(6,7)8/h9,22H,2H2,1,3-8H3. The fraction of sp³-hybridized carbons (Fsp3) is 0.500. The Morgan fingerprint density at radius 1 is 1.04 bits per heavy atom. The van der Waals surface area contributed by atoms with Crippen molar-refractivity contribution in [2.75, 3.05) is 0 Å². The zero-order chi connectivity index (χ0) is 17.6. The van der Waals surface area contributed by atoms with E-state index in [0.29, 0.717) is 17.2 Å². The van der Waals surface area contributed by atoms with Crippen molar-refractivity contribution in [3.05, 3.63) is 40.4 Å². The number of hydrogen-bond acceptors (Lipinski definition) is 5. The van der Waals surface area contributed by atoms with Gasteiger partial charge in [0.1, 0.15) is 0 Å². The second kappa shape index (κ2) is 5.71. The summed E-state index contributed by atoms with van der Waals surface area (Å²) < 4.78 is 4.30. The molecule has 0 saturated heterocycles. The Bertz CT molecular complexity index is 713. The summed E-state index contributed by atoms with van der Waals surface area (Å²) in [5.41, 5.74) is 2.42. The van der Waals surface area contributed by atoms with Crippen LogP contribution in [0, 0.1) is 6.92 Å². The Balaban J connectivity index is 2.67. The summed E-state index contributed by atoms with van der Waals surface area (Å²) in [6.45, 7) is 18.3. The molecule has 0 aliphatic rings. The van der Waals surface area contributed by atoms with Gasteiger partial charge in [-0.3, -0.25) is 0 Å². The van der Waals surface area contributed by atoms with E-state index in [0.717, 1.165) is 16.1 Å². The second-order valence-corrected chi connectivity index (χ2v) is 8.71. The van der Waals surface area contributed by atoms with E-state index in [4.69, 9.17) is 0 Å². The number of nitrogens with zero attached hydrogens (tertiary/aromatic N) is 3. The van der Waals surface area contributed by atoms with Crippen LogP contribution in [0.2, 0.25) is 0 Å². The van der Waals surface area contributed by atoms with Gasteiger partial charge < -0.3 is 5.11 Å². The van der Waals surface area contributed by atoms with Gasteiger partial charge in [-0.1, -0.05) is 48.1 Å². The summed E-state index contributed by atoms with van der Waals surface area (Å²) in [6.07, 6.45) is 0. The van der Waals surface area contributed by atoms with Crippen LogP contribution in [0.1, 0.15) is 69.3 Å². The summed E-state index contributed by atoms with van der Waals surface area (Å²) in [5.74, 6) is 0.739. The van der Waals surface area contributed by atoms with E-state index in [9.17, 15) is 5.11 Å². The highest BCUT2D eigenvalue weighted by Gasteiger charge is 2.30. The van der Waals surface area contributed by atoms with Gasteiger partial charge in [-0.2, -0.15) is 4.37 Å². The van der Waals surface area contributed by atoms with Gasteiger partial charge in [-0.05, 0) is 24.5 Å². The van der Waals surface area contributed by atoms with Crippen LogP contribution < -0.4 is 0 Å². The lowest BCUT2D eigenvalue weighted by Crippen LogP contribution is -2.22. The molecule has 0 aliphatic carbocycles. The molecule has 0 spiro atoms. The van der Waals surface area contributed by atoms with Crippen molar-refractivity contribution in [3.63, 3.8) is 0 Å². The third-order valence-electron chi connectivity index (χ3n) is 3.50. The number of aromatic nitrogens is 3. The predicted molar refractivity (Wildman–Crippen MR) is 96.1 cm³/mol. The van der Waals surface area contributed by atoms with E-state index in [1.54, 1.807) is 0 Å². The molecular weight excluding hydrogens is 306 g/mol. The average molecular weight is 331 g/mol. The molecule has 1 N–H and O–H groups in total. The lowest BCUT2D eigenvalue weighted by Gasteiger charge is -2.26. The van der Waals surface area contributed by atoms with Crippen LogP contribution in [0.25, 0.3) is 5.57 Å². The highest BCUT2D eigenvalue weighted by molar-refractivity contribution is 7.07. The first-order valence-corrected chi connectivity index (χ1v) is 8.43. The Kier molecular flexibility index (Phi) is 4.37. The molecule has 2 rings (SSSR count). The van der Waals surface area contributed by atoms with Crippen molar-refractivity contribution in [2.45, 2.75) is 59.3 Å². The van der Waals surface area contributed by atoms with Crippen LogP contribution in [0.4, 0.5) is 0 Å². The van der Waals surface area contributed by atoms with E-state index in [-0.39, 0.29) is 16.6 Å². The van der Waals surface area contributed by atoms with Crippen LogP contribution in [-0.4, -0.2) is 19.4 Å². The Labute approximate surface area is 142 Å². The van der Waals surface area contributed by atoms with Crippen molar-refractivity contribution >= 4 is 17.1 Å². The Morgan fingerprint density at radius 2 is 1.52 bits per heavy atom. The molecule has 0 bridgehead atoms. The number of aromatic hydroxyl groups is 1. The van der Waals surface area contributed by atoms with Crippen LogP contribution in [-0.2, 0) is 10.8 Å². The molecule has 0 unspecified atom stereocenters. The summed E-state index contributed by atoms with van der Waals surface area (Å²) in [5, 5.41) is 10.7. The lowest BCUT2D eigenvalue weighted by atomic mass is 9.85. The topological polar surface area (TPSA) is 58.9 Å². The molecule has 2 heterocycles. The Hall–Kier alpha value is -1.75. The maximum absolute atomic E-state index is 10.7. The summed E-state index contributed by atoms with van der Waals surface area (Å²) in [6, 6.07) is 1.98. The first-order chi connectivity index (χ1) is 10.4. The van der Waals surface area contributed by atoms with Crippen LogP contribution >= 0.6 is 11.5 Å². The van der Waals surface area contributed by atoms with Crippen LogP contribution in [0.3, 0.4) is 0 Å². The van der Waals surface area contributed by atoms with Crippen molar-refractivity contribution in [3.8, 4) is 5.75 Å². The summed E-state index contributed by atoms with van der Waals surface area (Å²) >= 11 is 1.39. The van der Waals surface area contributed by atoms with Gasteiger partial charge in [0.25, 0.3) is 0 Å². The van der Waals surface area contributed by atoms with Gasteiger partial charge in [0.05, 0.1) is 22.0 Å². The lowest BCUT2D eigenvalue weighted by molar-refractivity contribution is 0.406. The molecule has 0 amide bonds. The monoisotopic (exact) mass is 331 g/mol. The molecule has 0 saturated carbocycles. The van der Waals surface area contributed by atoms with Gasteiger partial charge in [0.2, 0.25) is 0 Å². The van der Waals surface area contributed by atoms with E-state index in [1.807, 2.05) is 54.5 Å². The minimum Gasteiger partial charge on any atom is -0.504 e. The number of hydrogen-bond donors (Lipinski definition) is 1. The number of rotatable bonds is 2. The SMILES string of the molecule is C=C(c1nc(C(C)(C)C)c(O)c(C(C)(C)C)n1)c1cc(C)ns1. The van der Waals surface area contributed by atoms with E-state index >= 15 is 0 Å². The molecule has 0 atom stereocenters. The Morgan fingerprint density at radius 3 is 1.87 bits per heavy atom. The minimum atomic E-state index is -0.286. The normalized spacial score (nSPS) is 12.5. The van der Waals surface area contributed by atoms with E-state index in [2.05, 4.69) is 20.9 Å². The molecular formula is C18H25N3OS. The zero-order valence-electron chi connectivity index (χ0n) is 15.0. The minimum absolute atomic E-state index is 0.182. The quantitative estimate of drug-likeness (QED) is 0.873. The van der Waals surface area contributed by atoms with Crippen LogP contribution in [0.15, 0.2) is 12.6 Å². The fourth-order valence-electron chi connectivity index (χ4n) is 2.25.